The van der Waals surface area contributed by atoms with Crippen LogP contribution in [0.2, 0.25) is 0 Å². The van der Waals surface area contributed by atoms with E-state index in [9.17, 15) is 8.78 Å². The molecule has 1 aromatic carbocycles. The lowest BCUT2D eigenvalue weighted by Crippen LogP contribution is -2.03. The van der Waals surface area contributed by atoms with Gasteiger partial charge in [-0.2, -0.15) is 8.78 Å². The molecule has 0 saturated heterocycles. The summed E-state index contributed by atoms with van der Waals surface area (Å²) in [4.78, 5) is 0.633. The lowest BCUT2D eigenvalue weighted by Gasteiger charge is -2.10. The quantitative estimate of drug-likeness (QED) is 0.751. The fourth-order valence-corrected chi connectivity index (χ4v) is 2.25. The van der Waals surface area contributed by atoms with Gasteiger partial charge in [-0.25, -0.2) is 0 Å². The molecule has 0 spiro atoms. The third kappa shape index (κ3) is 3.67. The molecule has 0 bridgehead atoms. The lowest BCUT2D eigenvalue weighted by atomic mass is 10.2. The van der Waals surface area contributed by atoms with Gasteiger partial charge in [0.2, 0.25) is 0 Å². The fourth-order valence-electron chi connectivity index (χ4n) is 1.63. The summed E-state index contributed by atoms with van der Waals surface area (Å²) in [6, 6.07) is 7.25. The van der Waals surface area contributed by atoms with Crippen LogP contribution in [0.3, 0.4) is 0 Å². The Balaban J connectivity index is 1.89. The van der Waals surface area contributed by atoms with Crippen LogP contribution < -0.4 is 5.32 Å². The molecular formula is C12H15F2NS. The smallest absolute Gasteiger partial charge is 0.288 e. The molecule has 88 valence electrons. The van der Waals surface area contributed by atoms with Crippen molar-refractivity contribution in [2.24, 2.45) is 5.92 Å². The van der Waals surface area contributed by atoms with Gasteiger partial charge in [-0.15, -0.1) is 0 Å². The third-order valence-electron chi connectivity index (χ3n) is 2.67. The monoisotopic (exact) mass is 243 g/mol. The van der Waals surface area contributed by atoms with Crippen molar-refractivity contribution >= 4 is 17.4 Å². The number of benzene rings is 1. The van der Waals surface area contributed by atoms with E-state index in [1.807, 2.05) is 12.1 Å². The molecule has 16 heavy (non-hydrogen) atoms. The van der Waals surface area contributed by atoms with E-state index in [1.165, 1.54) is 12.8 Å². The van der Waals surface area contributed by atoms with Gasteiger partial charge < -0.3 is 5.32 Å². The second kappa shape index (κ2) is 5.53. The Morgan fingerprint density at radius 1 is 1.31 bits per heavy atom. The largest absolute Gasteiger partial charge is 0.384 e. The van der Waals surface area contributed by atoms with Gasteiger partial charge in [-0.3, -0.25) is 0 Å². The summed E-state index contributed by atoms with van der Waals surface area (Å²) in [6.45, 7) is 0.880. The van der Waals surface area contributed by atoms with Crippen LogP contribution in [0.25, 0.3) is 0 Å². The van der Waals surface area contributed by atoms with Gasteiger partial charge >= 0.3 is 0 Å². The maximum atomic E-state index is 12.3. The highest BCUT2D eigenvalue weighted by atomic mass is 32.2. The average Bonchev–Trinajstić information content (AvgIpc) is 3.04. The second-order valence-corrected chi connectivity index (χ2v) is 5.07. The molecule has 1 saturated carbocycles. The van der Waals surface area contributed by atoms with Crippen molar-refractivity contribution < 1.29 is 8.78 Å². The number of hydrogen-bond donors (Lipinski definition) is 1. The first-order valence-electron chi connectivity index (χ1n) is 5.53. The zero-order valence-corrected chi connectivity index (χ0v) is 9.77. The average molecular weight is 243 g/mol. The maximum Gasteiger partial charge on any atom is 0.288 e. The molecule has 1 aromatic rings. The van der Waals surface area contributed by atoms with Crippen molar-refractivity contribution in [3.8, 4) is 0 Å². The minimum Gasteiger partial charge on any atom is -0.384 e. The summed E-state index contributed by atoms with van der Waals surface area (Å²) < 4.78 is 24.6. The van der Waals surface area contributed by atoms with Crippen LogP contribution >= 0.6 is 11.8 Å². The molecule has 1 N–H and O–H groups in total. The number of rotatable bonds is 6. The Morgan fingerprint density at radius 3 is 2.75 bits per heavy atom. The number of para-hydroxylation sites is 1. The molecule has 0 radical (unpaired) electrons. The summed E-state index contributed by atoms with van der Waals surface area (Å²) >= 11 is 0.604. The van der Waals surface area contributed by atoms with E-state index in [4.69, 9.17) is 0 Å². The van der Waals surface area contributed by atoms with Crippen LogP contribution in [0.15, 0.2) is 29.2 Å². The van der Waals surface area contributed by atoms with E-state index in [0.717, 1.165) is 24.6 Å². The van der Waals surface area contributed by atoms with Gasteiger partial charge in [0.1, 0.15) is 0 Å². The van der Waals surface area contributed by atoms with E-state index in [-0.39, 0.29) is 0 Å². The van der Waals surface area contributed by atoms with Crippen LogP contribution in [0.5, 0.6) is 0 Å². The van der Waals surface area contributed by atoms with Crippen LogP contribution in [-0.2, 0) is 0 Å². The summed E-state index contributed by atoms with van der Waals surface area (Å²) in [5, 5.41) is 3.24. The number of anilines is 1. The number of nitrogens with one attached hydrogen (secondary N) is 1. The molecule has 1 aliphatic rings. The molecule has 0 aromatic heterocycles. The predicted octanol–water partition coefficient (Wildman–Crippen LogP) is 4.21. The minimum absolute atomic E-state index is 0.604. The van der Waals surface area contributed by atoms with Crippen molar-refractivity contribution in [3.63, 3.8) is 0 Å². The van der Waals surface area contributed by atoms with Crippen molar-refractivity contribution in [1.82, 2.24) is 0 Å². The van der Waals surface area contributed by atoms with Gasteiger partial charge in [0.15, 0.2) is 0 Å². The first-order chi connectivity index (χ1) is 7.75. The molecule has 0 unspecified atom stereocenters. The van der Waals surface area contributed by atoms with Crippen LogP contribution in [0, 0.1) is 5.92 Å². The van der Waals surface area contributed by atoms with Crippen LogP contribution in [0.1, 0.15) is 19.3 Å². The standard InChI is InChI=1S/C12H15F2NS/c13-12(14)16-11-4-2-1-3-10(11)15-8-7-9-5-6-9/h1-4,9,12,15H,5-8H2. The van der Waals surface area contributed by atoms with E-state index in [2.05, 4.69) is 5.32 Å². The first-order valence-corrected chi connectivity index (χ1v) is 6.41. The highest BCUT2D eigenvalue weighted by molar-refractivity contribution is 7.99. The van der Waals surface area contributed by atoms with E-state index >= 15 is 0 Å². The SMILES string of the molecule is FC(F)Sc1ccccc1NCCC1CC1. The van der Waals surface area contributed by atoms with Crippen molar-refractivity contribution in [1.29, 1.82) is 0 Å². The molecule has 0 atom stereocenters. The van der Waals surface area contributed by atoms with Crippen molar-refractivity contribution in [2.75, 3.05) is 11.9 Å². The third-order valence-corrected chi connectivity index (χ3v) is 3.46. The number of thioether (sulfide) groups is 1. The Kier molecular flexibility index (Phi) is 4.04. The van der Waals surface area contributed by atoms with Gasteiger partial charge in [-0.1, -0.05) is 36.7 Å². The molecule has 4 heteroatoms. The normalized spacial score (nSPS) is 15.4. The maximum absolute atomic E-state index is 12.3. The summed E-state index contributed by atoms with van der Waals surface area (Å²) in [5.74, 6) is -1.49. The van der Waals surface area contributed by atoms with Crippen molar-refractivity contribution in [3.05, 3.63) is 24.3 Å². The zero-order valence-electron chi connectivity index (χ0n) is 8.96. The van der Waals surface area contributed by atoms with Gasteiger partial charge in [-0.05, 0) is 24.5 Å². The van der Waals surface area contributed by atoms with Crippen LogP contribution in [0.4, 0.5) is 14.5 Å². The Labute approximate surface area is 98.6 Å². The first kappa shape index (κ1) is 11.7. The fraction of sp³-hybridized carbons (Fsp3) is 0.500. The molecule has 1 nitrogen and oxygen atoms in total. The highest BCUT2D eigenvalue weighted by Crippen LogP contribution is 2.34. The number of alkyl halides is 2. The number of halogens is 2. The Hall–Kier alpha value is -0.770. The zero-order chi connectivity index (χ0) is 11.4. The number of hydrogen-bond acceptors (Lipinski definition) is 2. The molecular weight excluding hydrogens is 228 g/mol. The summed E-state index contributed by atoms with van der Waals surface area (Å²) in [5.41, 5.74) is 0.827. The molecule has 1 fully saturated rings. The van der Waals surface area contributed by atoms with Crippen molar-refractivity contribution in [2.45, 2.75) is 29.9 Å². The van der Waals surface area contributed by atoms with E-state index in [1.54, 1.807) is 12.1 Å². The lowest BCUT2D eigenvalue weighted by molar-refractivity contribution is 0.252. The topological polar surface area (TPSA) is 12.0 Å². The van der Waals surface area contributed by atoms with E-state index < -0.39 is 5.76 Å². The summed E-state index contributed by atoms with van der Waals surface area (Å²) in [6.07, 6.45) is 3.80. The van der Waals surface area contributed by atoms with Gasteiger partial charge in [0.25, 0.3) is 5.76 Å². The van der Waals surface area contributed by atoms with Crippen LogP contribution in [-0.4, -0.2) is 12.3 Å². The molecule has 0 aliphatic heterocycles. The molecule has 1 aliphatic carbocycles. The Bertz CT molecular complexity index is 340. The second-order valence-electron chi connectivity index (χ2n) is 4.03. The predicted molar refractivity (Wildman–Crippen MR) is 64.1 cm³/mol. The minimum atomic E-state index is -2.36. The van der Waals surface area contributed by atoms with Gasteiger partial charge in [0.05, 0.1) is 0 Å². The highest BCUT2D eigenvalue weighted by Gasteiger charge is 2.20. The Morgan fingerprint density at radius 2 is 2.06 bits per heavy atom. The molecule has 2 rings (SSSR count). The summed E-state index contributed by atoms with van der Waals surface area (Å²) in [7, 11) is 0. The molecule has 0 heterocycles. The van der Waals surface area contributed by atoms with E-state index in [0.29, 0.717) is 16.7 Å². The van der Waals surface area contributed by atoms with Gasteiger partial charge in [0, 0.05) is 17.1 Å². The molecule has 0 amide bonds.